The summed E-state index contributed by atoms with van der Waals surface area (Å²) in [5.41, 5.74) is 0. The van der Waals surface area contributed by atoms with E-state index in [2.05, 4.69) is 10.1 Å². The maximum atomic E-state index is 11.2. The van der Waals surface area contributed by atoms with Crippen molar-refractivity contribution < 1.29 is 14.6 Å². The van der Waals surface area contributed by atoms with Gasteiger partial charge in [-0.15, -0.1) is 0 Å². The maximum absolute atomic E-state index is 11.2. The fraction of sp³-hybridized carbons (Fsp3) is 0.889. The molecule has 0 radical (unpaired) electrons. The first-order valence-corrected chi connectivity index (χ1v) is 4.48. The highest BCUT2D eigenvalue weighted by atomic mass is 16.5. The third-order valence-electron chi connectivity index (χ3n) is 1.75. The van der Waals surface area contributed by atoms with E-state index < -0.39 is 6.10 Å². The average Bonchev–Trinajstić information content (AvgIpc) is 2.03. The van der Waals surface area contributed by atoms with E-state index in [1.165, 1.54) is 7.11 Å². The summed E-state index contributed by atoms with van der Waals surface area (Å²) in [5.74, 6) is -0.123. The lowest BCUT2D eigenvalue weighted by molar-refractivity contribution is -0.144. The summed E-state index contributed by atoms with van der Waals surface area (Å²) in [5, 5.41) is 12.0. The second-order valence-corrected chi connectivity index (χ2v) is 3.50. The van der Waals surface area contributed by atoms with Crippen LogP contribution in [0.2, 0.25) is 0 Å². The highest BCUT2D eigenvalue weighted by molar-refractivity contribution is 5.75. The Kier molecular flexibility index (Phi) is 5.66. The molecule has 0 amide bonds. The summed E-state index contributed by atoms with van der Waals surface area (Å²) >= 11 is 0. The predicted octanol–water partition coefficient (Wildman–Crippen LogP) is 0.154. The first-order valence-electron chi connectivity index (χ1n) is 4.48. The number of hydrogen-bond donors (Lipinski definition) is 2. The molecule has 0 saturated heterocycles. The predicted molar refractivity (Wildman–Crippen MR) is 50.3 cm³/mol. The molecule has 0 aliphatic rings. The molecular formula is C9H19NO3. The topological polar surface area (TPSA) is 58.6 Å². The van der Waals surface area contributed by atoms with Crippen LogP contribution in [0.25, 0.3) is 0 Å². The summed E-state index contributed by atoms with van der Waals surface area (Å²) in [6.45, 7) is 5.92. The van der Waals surface area contributed by atoms with E-state index in [1.807, 2.05) is 13.8 Å². The highest BCUT2D eigenvalue weighted by Gasteiger charge is 2.22. The van der Waals surface area contributed by atoms with Crippen LogP contribution in [0.15, 0.2) is 0 Å². The van der Waals surface area contributed by atoms with Crippen molar-refractivity contribution >= 4 is 5.97 Å². The van der Waals surface area contributed by atoms with E-state index in [0.717, 1.165) is 0 Å². The Labute approximate surface area is 79.3 Å². The van der Waals surface area contributed by atoms with Gasteiger partial charge >= 0.3 is 5.97 Å². The number of ether oxygens (including phenoxy) is 1. The van der Waals surface area contributed by atoms with Crippen molar-refractivity contribution in [3.63, 3.8) is 0 Å². The quantitative estimate of drug-likeness (QED) is 0.605. The van der Waals surface area contributed by atoms with E-state index in [1.54, 1.807) is 6.92 Å². The Morgan fingerprint density at radius 2 is 2.00 bits per heavy atom. The molecule has 4 nitrogen and oxygen atoms in total. The van der Waals surface area contributed by atoms with E-state index in [-0.39, 0.29) is 17.9 Å². The highest BCUT2D eigenvalue weighted by Crippen LogP contribution is 2.03. The Balaban J connectivity index is 4.03. The summed E-state index contributed by atoms with van der Waals surface area (Å²) in [6.07, 6.45) is -0.453. The van der Waals surface area contributed by atoms with Crippen LogP contribution in [0.1, 0.15) is 20.8 Å². The molecule has 1 unspecified atom stereocenters. The Morgan fingerprint density at radius 3 is 2.31 bits per heavy atom. The minimum atomic E-state index is -0.453. The Morgan fingerprint density at radius 1 is 1.46 bits per heavy atom. The van der Waals surface area contributed by atoms with Crippen molar-refractivity contribution in [1.29, 1.82) is 0 Å². The fourth-order valence-corrected chi connectivity index (χ4v) is 1.02. The van der Waals surface area contributed by atoms with Gasteiger partial charge in [0, 0.05) is 6.54 Å². The molecule has 2 atom stereocenters. The van der Waals surface area contributed by atoms with Gasteiger partial charge in [0.2, 0.25) is 0 Å². The minimum Gasteiger partial charge on any atom is -0.468 e. The number of methoxy groups -OCH3 is 1. The summed E-state index contributed by atoms with van der Waals surface area (Å²) in [7, 11) is 1.36. The Bertz CT molecular complexity index is 157. The smallest absolute Gasteiger partial charge is 0.323 e. The van der Waals surface area contributed by atoms with Gasteiger partial charge in [-0.3, -0.25) is 4.79 Å². The second-order valence-electron chi connectivity index (χ2n) is 3.50. The van der Waals surface area contributed by atoms with Gasteiger partial charge in [-0.05, 0) is 12.8 Å². The molecule has 0 aromatic carbocycles. The van der Waals surface area contributed by atoms with E-state index in [0.29, 0.717) is 6.54 Å². The first-order chi connectivity index (χ1) is 5.99. The lowest BCUT2D eigenvalue weighted by Crippen LogP contribution is -2.44. The molecule has 0 saturated carbocycles. The number of carbonyl (C=O) groups excluding carboxylic acids is 1. The van der Waals surface area contributed by atoms with Crippen molar-refractivity contribution in [2.45, 2.75) is 32.9 Å². The molecular weight excluding hydrogens is 170 g/mol. The molecule has 0 heterocycles. The van der Waals surface area contributed by atoms with Crippen LogP contribution < -0.4 is 5.32 Å². The van der Waals surface area contributed by atoms with Crippen LogP contribution in [-0.2, 0) is 9.53 Å². The normalized spacial score (nSPS) is 15.5. The number of rotatable bonds is 5. The first kappa shape index (κ1) is 12.4. The molecule has 0 aromatic rings. The minimum absolute atomic E-state index is 0.159. The summed E-state index contributed by atoms with van der Waals surface area (Å²) < 4.78 is 4.62. The zero-order valence-corrected chi connectivity index (χ0v) is 8.70. The van der Waals surface area contributed by atoms with Crippen molar-refractivity contribution in [3.05, 3.63) is 0 Å². The molecule has 0 rings (SSSR count). The molecule has 0 spiro atoms. The van der Waals surface area contributed by atoms with Gasteiger partial charge in [-0.2, -0.15) is 0 Å². The summed E-state index contributed by atoms with van der Waals surface area (Å²) in [4.78, 5) is 11.2. The molecule has 0 bridgehead atoms. The van der Waals surface area contributed by atoms with Gasteiger partial charge in [0.1, 0.15) is 6.04 Å². The number of carbonyl (C=O) groups is 1. The van der Waals surface area contributed by atoms with Crippen molar-refractivity contribution in [3.8, 4) is 0 Å². The van der Waals surface area contributed by atoms with Crippen molar-refractivity contribution in [2.75, 3.05) is 13.7 Å². The second kappa shape index (κ2) is 5.94. The number of hydrogen-bond acceptors (Lipinski definition) is 4. The lowest BCUT2D eigenvalue weighted by atomic mass is 10.0. The number of aliphatic hydroxyl groups is 1. The van der Waals surface area contributed by atoms with E-state index >= 15 is 0 Å². The fourth-order valence-electron chi connectivity index (χ4n) is 1.02. The zero-order chi connectivity index (χ0) is 10.4. The molecule has 4 heteroatoms. The third-order valence-corrected chi connectivity index (χ3v) is 1.75. The van der Waals surface area contributed by atoms with Crippen LogP contribution in [0.3, 0.4) is 0 Å². The third kappa shape index (κ3) is 4.85. The Hall–Kier alpha value is -0.610. The molecule has 78 valence electrons. The van der Waals surface area contributed by atoms with E-state index in [4.69, 9.17) is 5.11 Å². The van der Waals surface area contributed by atoms with Crippen LogP contribution in [0.4, 0.5) is 0 Å². The maximum Gasteiger partial charge on any atom is 0.323 e. The van der Waals surface area contributed by atoms with Crippen LogP contribution >= 0.6 is 0 Å². The molecule has 0 aliphatic heterocycles. The number of nitrogens with one attached hydrogen (secondary N) is 1. The standard InChI is InChI=1S/C9H19NO3/c1-6(2)8(9(12)13-4)10-5-7(3)11/h6-8,10-11H,5H2,1-4H3/t7-,8?/m1/s1. The molecule has 2 N–H and O–H groups in total. The van der Waals surface area contributed by atoms with Gasteiger partial charge in [0.05, 0.1) is 13.2 Å². The number of esters is 1. The van der Waals surface area contributed by atoms with Crippen LogP contribution in [-0.4, -0.2) is 36.9 Å². The van der Waals surface area contributed by atoms with Gasteiger partial charge in [0.25, 0.3) is 0 Å². The summed E-state index contributed by atoms with van der Waals surface area (Å²) in [6, 6.07) is -0.334. The molecule has 0 fully saturated rings. The number of aliphatic hydroxyl groups excluding tert-OH is 1. The zero-order valence-electron chi connectivity index (χ0n) is 8.70. The largest absolute Gasteiger partial charge is 0.468 e. The van der Waals surface area contributed by atoms with Crippen LogP contribution in [0, 0.1) is 5.92 Å². The van der Waals surface area contributed by atoms with E-state index in [9.17, 15) is 4.79 Å². The lowest BCUT2D eigenvalue weighted by Gasteiger charge is -2.20. The molecule has 0 aromatic heterocycles. The van der Waals surface area contributed by atoms with Crippen molar-refractivity contribution in [1.82, 2.24) is 5.32 Å². The van der Waals surface area contributed by atoms with Gasteiger partial charge in [0.15, 0.2) is 0 Å². The van der Waals surface area contributed by atoms with Gasteiger partial charge in [-0.1, -0.05) is 13.8 Å². The SMILES string of the molecule is COC(=O)C(NC[C@@H](C)O)C(C)C. The molecule has 13 heavy (non-hydrogen) atoms. The molecule has 0 aliphatic carbocycles. The van der Waals surface area contributed by atoms with Gasteiger partial charge < -0.3 is 15.2 Å². The monoisotopic (exact) mass is 189 g/mol. The van der Waals surface area contributed by atoms with Gasteiger partial charge in [-0.25, -0.2) is 0 Å². The van der Waals surface area contributed by atoms with Crippen LogP contribution in [0.5, 0.6) is 0 Å². The van der Waals surface area contributed by atoms with Crippen molar-refractivity contribution in [2.24, 2.45) is 5.92 Å². The average molecular weight is 189 g/mol.